The van der Waals surface area contributed by atoms with E-state index in [1.807, 2.05) is 36.4 Å². The van der Waals surface area contributed by atoms with Gasteiger partial charge in [-0.15, -0.1) is 0 Å². The lowest BCUT2D eigenvalue weighted by atomic mass is 9.67. The minimum absolute atomic E-state index is 0.122. The molecule has 4 aliphatic carbocycles. The highest BCUT2D eigenvalue weighted by Crippen LogP contribution is 2.54. The minimum Gasteiger partial charge on any atom is -0.330 e. The molecule has 0 amide bonds. The van der Waals surface area contributed by atoms with Crippen molar-refractivity contribution in [2.45, 2.75) is 6.04 Å². The maximum atomic E-state index is 10.6. The van der Waals surface area contributed by atoms with Crippen molar-refractivity contribution in [2.75, 3.05) is 9.80 Å². The Hall–Kier alpha value is -11.6. The normalized spacial score (nSPS) is 15.6. The van der Waals surface area contributed by atoms with Gasteiger partial charge in [0.1, 0.15) is 0 Å². The highest BCUT2D eigenvalue weighted by atomic mass is 15.2. The topological polar surface area (TPSA) is 34.6 Å². The third kappa shape index (κ3) is 8.35. The van der Waals surface area contributed by atoms with Crippen molar-refractivity contribution in [3.8, 4) is 50.6 Å². The SMILES string of the molecule is [C-]#[N+]c1cccc(N(C2=C3C=CC4=C5C(=CC=C(C=C2)C35)C(N(c2cccc(C#N)c2)c2ccc(-c3cccc5ccccc35)cc2-c2cccc3ccccc23)C=C4)c2ccc(-c3cccc4ccccc34)cc2-c2cccc3ccccc23)c1. The van der Waals surface area contributed by atoms with Crippen molar-refractivity contribution in [3.05, 3.63) is 354 Å². The summed E-state index contributed by atoms with van der Waals surface area (Å²) in [4.78, 5) is 8.87. The standard InChI is InChI=1S/C82H52N4/c1-84-62-25-15-27-64(51-62)86(80-47-41-61(70-33-12-22-55-18-3-7-29-66(55)70)50-76(80)72-35-14-24-57-20-5-9-31-68(57)72)78-45-39-59-36-42-73-77(44-38-58-37-43-74(78)82(59)81(58)73)85(63-26-10-16-53(48-63)52-83)79-46-40-60(69-32-11-21-54-17-2-6-28-65(54)69)49-75(79)71-34-13-23-56-19-4-8-30-67(56)71/h2-51,77,82H. The molecular formula is C82H52N4. The predicted octanol–water partition coefficient (Wildman–Crippen LogP) is 21.5. The Balaban J connectivity index is 0.889. The molecule has 12 aromatic rings. The lowest BCUT2D eigenvalue weighted by Gasteiger charge is -2.44. The summed E-state index contributed by atoms with van der Waals surface area (Å²) in [6, 6.07) is 93.2. The zero-order valence-corrected chi connectivity index (χ0v) is 46.8. The van der Waals surface area contributed by atoms with E-state index in [9.17, 15) is 5.26 Å². The first kappa shape index (κ1) is 50.2. The first-order valence-corrected chi connectivity index (χ1v) is 29.3. The van der Waals surface area contributed by atoms with Crippen LogP contribution in [0.2, 0.25) is 0 Å². The zero-order valence-electron chi connectivity index (χ0n) is 46.8. The van der Waals surface area contributed by atoms with Gasteiger partial charge in [-0.05, 0) is 165 Å². The third-order valence-corrected chi connectivity index (χ3v) is 17.8. The number of fused-ring (bicyclic) bond motifs is 4. The van der Waals surface area contributed by atoms with Crippen molar-refractivity contribution in [1.82, 2.24) is 0 Å². The van der Waals surface area contributed by atoms with Crippen LogP contribution in [0, 0.1) is 23.8 Å². The second kappa shape index (κ2) is 20.7. The summed E-state index contributed by atoms with van der Waals surface area (Å²) in [5.74, 6) is -0.122. The molecular weight excluding hydrogens is 1040 g/mol. The van der Waals surface area contributed by atoms with Crippen LogP contribution in [0.4, 0.5) is 28.4 Å². The van der Waals surface area contributed by atoms with Gasteiger partial charge in [0.05, 0.1) is 35.6 Å². The smallest absolute Gasteiger partial charge is 0.189 e. The minimum atomic E-state index is -0.286. The Bertz CT molecular complexity index is 5160. The van der Waals surface area contributed by atoms with Gasteiger partial charge in [0, 0.05) is 34.1 Å². The van der Waals surface area contributed by atoms with Crippen LogP contribution in [0.15, 0.2) is 337 Å². The first-order valence-electron chi connectivity index (χ1n) is 29.3. The fraction of sp³-hybridized carbons (Fsp3) is 0.0244. The second-order valence-corrected chi connectivity index (χ2v) is 22.5. The molecule has 0 fully saturated rings. The molecule has 0 saturated heterocycles. The van der Waals surface area contributed by atoms with Gasteiger partial charge in [0.2, 0.25) is 0 Å². The van der Waals surface area contributed by atoms with Gasteiger partial charge in [0.15, 0.2) is 5.69 Å². The van der Waals surface area contributed by atoms with E-state index in [1.165, 1.54) is 65.9 Å². The Morgan fingerprint density at radius 3 is 1.55 bits per heavy atom. The third-order valence-electron chi connectivity index (χ3n) is 17.8. The van der Waals surface area contributed by atoms with Crippen LogP contribution in [0.1, 0.15) is 5.56 Å². The summed E-state index contributed by atoms with van der Waals surface area (Å²) in [5, 5.41) is 20.0. The molecule has 0 bridgehead atoms. The quantitative estimate of drug-likeness (QED) is 0.128. The van der Waals surface area contributed by atoms with E-state index in [0.29, 0.717) is 11.3 Å². The monoisotopic (exact) mass is 1090 g/mol. The summed E-state index contributed by atoms with van der Waals surface area (Å²) < 4.78 is 0. The summed E-state index contributed by atoms with van der Waals surface area (Å²) in [7, 11) is 0. The number of benzene rings is 12. The second-order valence-electron chi connectivity index (χ2n) is 22.5. The predicted molar refractivity (Wildman–Crippen MR) is 358 cm³/mol. The van der Waals surface area contributed by atoms with E-state index in [4.69, 9.17) is 6.57 Å². The fourth-order valence-corrected chi connectivity index (χ4v) is 13.9. The molecule has 0 N–H and O–H groups in total. The largest absolute Gasteiger partial charge is 0.330 e. The van der Waals surface area contributed by atoms with Crippen LogP contribution in [0.25, 0.3) is 92.4 Å². The summed E-state index contributed by atoms with van der Waals surface area (Å²) in [6.45, 7) is 8.29. The fourth-order valence-electron chi connectivity index (χ4n) is 13.9. The molecule has 0 heterocycles. The molecule has 2 unspecified atom stereocenters. The molecule has 0 saturated carbocycles. The number of rotatable bonds is 10. The Labute approximate surface area is 500 Å². The molecule has 400 valence electrons. The molecule has 0 radical (unpaired) electrons. The Kier molecular flexibility index (Phi) is 12.1. The number of allylic oxidation sites excluding steroid dienone is 10. The molecule has 12 aromatic carbocycles. The lowest BCUT2D eigenvalue weighted by molar-refractivity contribution is 0.773. The maximum Gasteiger partial charge on any atom is 0.189 e. The van der Waals surface area contributed by atoms with Crippen molar-refractivity contribution >= 4 is 71.5 Å². The van der Waals surface area contributed by atoms with E-state index in [1.54, 1.807) is 0 Å². The van der Waals surface area contributed by atoms with E-state index in [-0.39, 0.29) is 12.0 Å². The highest BCUT2D eigenvalue weighted by Gasteiger charge is 2.41. The van der Waals surface area contributed by atoms with Gasteiger partial charge >= 0.3 is 0 Å². The summed E-state index contributed by atoms with van der Waals surface area (Å²) in [6.07, 6.45) is 18.5. The summed E-state index contributed by atoms with van der Waals surface area (Å²) >= 11 is 0. The zero-order chi connectivity index (χ0) is 57.2. The van der Waals surface area contributed by atoms with E-state index >= 15 is 0 Å². The number of hydrogen-bond acceptors (Lipinski definition) is 3. The number of hydrogen-bond donors (Lipinski definition) is 0. The van der Waals surface area contributed by atoms with Crippen LogP contribution in [-0.2, 0) is 0 Å². The molecule has 86 heavy (non-hydrogen) atoms. The van der Waals surface area contributed by atoms with Crippen LogP contribution in [0.5, 0.6) is 0 Å². The molecule has 4 nitrogen and oxygen atoms in total. The molecule has 0 aliphatic heterocycles. The van der Waals surface area contributed by atoms with Crippen molar-refractivity contribution < 1.29 is 0 Å². The molecule has 4 heteroatoms. The number of anilines is 4. The van der Waals surface area contributed by atoms with Crippen LogP contribution in [-0.4, -0.2) is 6.04 Å². The van der Waals surface area contributed by atoms with Crippen LogP contribution < -0.4 is 9.80 Å². The van der Waals surface area contributed by atoms with Gasteiger partial charge in [0.25, 0.3) is 0 Å². The number of nitriles is 1. The van der Waals surface area contributed by atoms with Gasteiger partial charge in [-0.1, -0.05) is 243 Å². The van der Waals surface area contributed by atoms with Crippen LogP contribution in [0.3, 0.4) is 0 Å². The van der Waals surface area contributed by atoms with E-state index < -0.39 is 0 Å². The van der Waals surface area contributed by atoms with Gasteiger partial charge < -0.3 is 9.80 Å². The lowest BCUT2D eigenvalue weighted by Crippen LogP contribution is -2.37. The molecule has 4 aliphatic rings. The van der Waals surface area contributed by atoms with Gasteiger partial charge in [-0.25, -0.2) is 4.85 Å². The van der Waals surface area contributed by atoms with Gasteiger partial charge in [-0.3, -0.25) is 0 Å². The molecule has 0 spiro atoms. The Morgan fingerprint density at radius 1 is 0.419 bits per heavy atom. The average Bonchev–Trinajstić information content (AvgIpc) is 1.17. The van der Waals surface area contributed by atoms with Gasteiger partial charge in [-0.2, -0.15) is 5.26 Å². The van der Waals surface area contributed by atoms with Crippen LogP contribution >= 0.6 is 0 Å². The first-order chi connectivity index (χ1) is 42.6. The molecule has 2 atom stereocenters. The van der Waals surface area contributed by atoms with E-state index in [2.05, 4.69) is 288 Å². The molecule has 0 aromatic heterocycles. The summed E-state index contributed by atoms with van der Waals surface area (Å²) in [5.41, 5.74) is 21.0. The number of nitrogens with zero attached hydrogens (tertiary/aromatic N) is 4. The molecule has 16 rings (SSSR count). The van der Waals surface area contributed by atoms with Crippen molar-refractivity contribution in [1.29, 1.82) is 5.26 Å². The Morgan fingerprint density at radius 2 is 0.942 bits per heavy atom. The highest BCUT2D eigenvalue weighted by molar-refractivity contribution is 6.06. The maximum absolute atomic E-state index is 10.6. The van der Waals surface area contributed by atoms with Crippen molar-refractivity contribution in [3.63, 3.8) is 0 Å². The van der Waals surface area contributed by atoms with Crippen molar-refractivity contribution in [2.24, 2.45) is 5.92 Å². The average molecular weight is 1090 g/mol. The van der Waals surface area contributed by atoms with E-state index in [0.717, 1.165) is 78.0 Å².